The largest absolute Gasteiger partial charge is 0.418 e. The molecule has 0 saturated heterocycles. The van der Waals surface area contributed by atoms with Crippen molar-refractivity contribution in [2.45, 2.75) is 19.5 Å². The number of carbonyl (C=O) groups excluding carboxylic acids is 2. The fourth-order valence-electron chi connectivity index (χ4n) is 3.63. The van der Waals surface area contributed by atoms with E-state index in [4.69, 9.17) is 0 Å². The van der Waals surface area contributed by atoms with Crippen molar-refractivity contribution < 1.29 is 22.8 Å². The number of nitrogens with zero attached hydrogens (tertiary/aromatic N) is 2. The molecule has 0 atom stereocenters. The van der Waals surface area contributed by atoms with Crippen molar-refractivity contribution in [1.82, 2.24) is 4.98 Å². The predicted octanol–water partition coefficient (Wildman–Crippen LogP) is 4.93. The van der Waals surface area contributed by atoms with Gasteiger partial charge in [0.25, 0.3) is 5.91 Å². The lowest BCUT2D eigenvalue weighted by molar-refractivity contribution is -0.137. The first kappa shape index (κ1) is 20.6. The van der Waals surface area contributed by atoms with Crippen LogP contribution >= 0.6 is 0 Å². The van der Waals surface area contributed by atoms with Crippen molar-refractivity contribution in [2.75, 3.05) is 16.8 Å². The standard InChI is InChI=1S/C23H18F3N3O2/c1-14(30)29-12-10-15-8-9-18(13-20(15)29)28-22(31)17-6-4-16(5-7-17)21-19(23(24,25)26)3-2-11-27-21/h2-9,11,13H,10,12H2,1H3,(H,28,31). The van der Waals surface area contributed by atoms with Crippen LogP contribution in [0, 0.1) is 0 Å². The second kappa shape index (κ2) is 7.86. The molecule has 1 aliphatic rings. The second-order valence-electron chi connectivity index (χ2n) is 7.19. The molecule has 2 aromatic carbocycles. The van der Waals surface area contributed by atoms with E-state index in [0.717, 1.165) is 23.7 Å². The number of carbonyl (C=O) groups is 2. The molecule has 8 heteroatoms. The Hall–Kier alpha value is -3.68. The van der Waals surface area contributed by atoms with Crippen molar-refractivity contribution in [3.8, 4) is 11.3 Å². The topological polar surface area (TPSA) is 62.3 Å². The number of aromatic nitrogens is 1. The summed E-state index contributed by atoms with van der Waals surface area (Å²) in [6.07, 6.45) is -2.47. The molecular formula is C23H18F3N3O2. The van der Waals surface area contributed by atoms with Gasteiger partial charge in [-0.15, -0.1) is 0 Å². The van der Waals surface area contributed by atoms with E-state index in [-0.39, 0.29) is 22.7 Å². The number of anilines is 2. The van der Waals surface area contributed by atoms with Crippen LogP contribution in [0.15, 0.2) is 60.8 Å². The highest BCUT2D eigenvalue weighted by Crippen LogP contribution is 2.36. The van der Waals surface area contributed by atoms with Gasteiger partial charge in [-0.25, -0.2) is 0 Å². The Morgan fingerprint density at radius 1 is 1.06 bits per heavy atom. The summed E-state index contributed by atoms with van der Waals surface area (Å²) in [4.78, 5) is 29.9. The molecule has 31 heavy (non-hydrogen) atoms. The minimum atomic E-state index is -4.53. The molecule has 0 radical (unpaired) electrons. The third-order valence-corrected chi connectivity index (χ3v) is 5.15. The van der Waals surface area contributed by atoms with E-state index < -0.39 is 17.6 Å². The van der Waals surface area contributed by atoms with Gasteiger partial charge in [-0.1, -0.05) is 18.2 Å². The number of fused-ring (bicyclic) bond motifs is 1. The predicted molar refractivity (Wildman–Crippen MR) is 111 cm³/mol. The third kappa shape index (κ3) is 4.14. The monoisotopic (exact) mass is 425 g/mol. The van der Waals surface area contributed by atoms with E-state index >= 15 is 0 Å². The van der Waals surface area contributed by atoms with Crippen LogP contribution in [0.4, 0.5) is 24.5 Å². The van der Waals surface area contributed by atoms with E-state index in [1.807, 2.05) is 6.07 Å². The molecule has 0 saturated carbocycles. The maximum absolute atomic E-state index is 13.2. The van der Waals surface area contributed by atoms with Gasteiger partial charge in [0.1, 0.15) is 0 Å². The van der Waals surface area contributed by atoms with Crippen LogP contribution in [0.1, 0.15) is 28.4 Å². The second-order valence-corrected chi connectivity index (χ2v) is 7.19. The van der Waals surface area contributed by atoms with Gasteiger partial charge in [0.05, 0.1) is 11.3 Å². The lowest BCUT2D eigenvalue weighted by Gasteiger charge is -2.16. The van der Waals surface area contributed by atoms with Crippen LogP contribution in [-0.2, 0) is 17.4 Å². The summed E-state index contributed by atoms with van der Waals surface area (Å²) in [5.41, 5.74) is 1.87. The van der Waals surface area contributed by atoms with Gasteiger partial charge in [-0.2, -0.15) is 13.2 Å². The molecule has 1 N–H and O–H groups in total. The van der Waals surface area contributed by atoms with E-state index in [2.05, 4.69) is 10.3 Å². The molecule has 5 nitrogen and oxygen atoms in total. The first-order chi connectivity index (χ1) is 14.7. The number of alkyl halides is 3. The maximum Gasteiger partial charge on any atom is 0.418 e. The highest BCUT2D eigenvalue weighted by atomic mass is 19.4. The van der Waals surface area contributed by atoms with Gasteiger partial charge in [0.2, 0.25) is 5.91 Å². The highest BCUT2D eigenvalue weighted by molar-refractivity contribution is 6.05. The summed E-state index contributed by atoms with van der Waals surface area (Å²) >= 11 is 0. The summed E-state index contributed by atoms with van der Waals surface area (Å²) in [6, 6.07) is 13.4. The van der Waals surface area contributed by atoms with Crippen LogP contribution < -0.4 is 10.2 Å². The molecular weight excluding hydrogens is 407 g/mol. The molecule has 158 valence electrons. The first-order valence-corrected chi connectivity index (χ1v) is 9.59. The molecule has 0 spiro atoms. The van der Waals surface area contributed by atoms with Crippen molar-refractivity contribution in [3.63, 3.8) is 0 Å². The Bertz CT molecular complexity index is 1160. The van der Waals surface area contributed by atoms with Gasteiger partial charge >= 0.3 is 6.18 Å². The third-order valence-electron chi connectivity index (χ3n) is 5.15. The number of hydrogen-bond acceptors (Lipinski definition) is 3. The van der Waals surface area contributed by atoms with Gasteiger partial charge in [-0.05, 0) is 48.4 Å². The van der Waals surface area contributed by atoms with Crippen molar-refractivity contribution >= 4 is 23.2 Å². The average molecular weight is 425 g/mol. The van der Waals surface area contributed by atoms with Crippen molar-refractivity contribution in [3.05, 3.63) is 77.5 Å². The number of pyridine rings is 1. The van der Waals surface area contributed by atoms with Gasteiger partial charge in [0.15, 0.2) is 0 Å². The molecule has 2 amide bonds. The van der Waals surface area contributed by atoms with Crippen LogP contribution in [0.5, 0.6) is 0 Å². The minimum absolute atomic E-state index is 0.0643. The molecule has 0 fully saturated rings. The molecule has 3 aromatic rings. The van der Waals surface area contributed by atoms with Crippen molar-refractivity contribution in [2.24, 2.45) is 0 Å². The van der Waals surface area contributed by atoms with Gasteiger partial charge in [-0.3, -0.25) is 14.6 Å². The van der Waals surface area contributed by atoms with Gasteiger partial charge < -0.3 is 10.2 Å². The van der Waals surface area contributed by atoms with E-state index in [1.54, 1.807) is 17.0 Å². The highest BCUT2D eigenvalue weighted by Gasteiger charge is 2.34. The van der Waals surface area contributed by atoms with Crippen LogP contribution in [0.25, 0.3) is 11.3 Å². The Labute approximate surface area is 176 Å². The van der Waals surface area contributed by atoms with Crippen LogP contribution in [-0.4, -0.2) is 23.3 Å². The molecule has 1 aliphatic heterocycles. The number of halogens is 3. The fourth-order valence-corrected chi connectivity index (χ4v) is 3.63. The average Bonchev–Trinajstić information content (AvgIpc) is 3.17. The molecule has 4 rings (SSSR count). The fraction of sp³-hybridized carbons (Fsp3) is 0.174. The van der Waals surface area contributed by atoms with Gasteiger partial charge in [0, 0.05) is 42.2 Å². The number of benzene rings is 2. The Morgan fingerprint density at radius 3 is 2.48 bits per heavy atom. The lowest BCUT2D eigenvalue weighted by Crippen LogP contribution is -2.25. The quantitative estimate of drug-likeness (QED) is 0.647. The molecule has 0 aliphatic carbocycles. The minimum Gasteiger partial charge on any atom is -0.322 e. The van der Waals surface area contributed by atoms with E-state index in [1.165, 1.54) is 43.5 Å². The number of rotatable bonds is 3. The first-order valence-electron chi connectivity index (χ1n) is 9.59. The molecule has 0 bridgehead atoms. The maximum atomic E-state index is 13.2. The summed E-state index contributed by atoms with van der Waals surface area (Å²) in [6.45, 7) is 2.10. The van der Waals surface area contributed by atoms with Crippen LogP contribution in [0.3, 0.4) is 0 Å². The lowest BCUT2D eigenvalue weighted by atomic mass is 10.0. The summed E-state index contributed by atoms with van der Waals surface area (Å²) < 4.78 is 39.7. The van der Waals surface area contributed by atoms with Crippen molar-refractivity contribution in [1.29, 1.82) is 0 Å². The normalized spacial score (nSPS) is 13.1. The number of nitrogens with one attached hydrogen (secondary N) is 1. The molecule has 0 unspecified atom stereocenters. The zero-order valence-corrected chi connectivity index (χ0v) is 16.5. The summed E-state index contributed by atoms with van der Waals surface area (Å²) in [5.74, 6) is -0.471. The zero-order chi connectivity index (χ0) is 22.2. The Balaban J connectivity index is 1.54. The molecule has 2 heterocycles. The SMILES string of the molecule is CC(=O)N1CCc2ccc(NC(=O)c3ccc(-c4ncccc4C(F)(F)F)cc3)cc21. The van der Waals surface area contributed by atoms with Crippen LogP contribution in [0.2, 0.25) is 0 Å². The smallest absolute Gasteiger partial charge is 0.322 e. The zero-order valence-electron chi connectivity index (χ0n) is 16.5. The Kier molecular flexibility index (Phi) is 5.22. The molecule has 1 aromatic heterocycles. The van der Waals surface area contributed by atoms with E-state index in [9.17, 15) is 22.8 Å². The Morgan fingerprint density at radius 2 is 1.81 bits per heavy atom. The summed E-state index contributed by atoms with van der Waals surface area (Å²) in [7, 11) is 0. The van der Waals surface area contributed by atoms with E-state index in [0.29, 0.717) is 12.2 Å². The number of amides is 2. The number of hydrogen-bond donors (Lipinski definition) is 1. The summed E-state index contributed by atoms with van der Waals surface area (Å²) in [5, 5.41) is 2.77.